The Balaban J connectivity index is 2.46. The summed E-state index contributed by atoms with van der Waals surface area (Å²) in [4.78, 5) is 34.0. The first-order valence-corrected chi connectivity index (χ1v) is 8.74. The molecule has 10 heteroatoms. The van der Waals surface area contributed by atoms with Gasteiger partial charge in [0.1, 0.15) is 9.74 Å². The molecule has 0 spiro atoms. The van der Waals surface area contributed by atoms with Gasteiger partial charge in [-0.1, -0.05) is 0 Å². The molecule has 0 bridgehead atoms. The molecule has 23 heavy (non-hydrogen) atoms. The van der Waals surface area contributed by atoms with Crippen LogP contribution < -0.4 is 11.1 Å². The van der Waals surface area contributed by atoms with Crippen molar-refractivity contribution in [2.75, 3.05) is 12.3 Å². The molecule has 1 amide bonds. The summed E-state index contributed by atoms with van der Waals surface area (Å²) in [6.45, 7) is 0.234. The highest BCUT2D eigenvalue weighted by atomic mass is 125. The van der Waals surface area contributed by atoms with Gasteiger partial charge in [-0.2, -0.15) is 12.6 Å². The number of aromatic amines is 1. The van der Waals surface area contributed by atoms with Crippen molar-refractivity contribution in [3.63, 3.8) is 0 Å². The molecule has 0 aliphatic heterocycles. The normalized spacial score (nSPS) is 12.9. The Kier molecular flexibility index (Phi) is 8.99. The number of aliphatic carboxylic acids is 1. The zero-order valence-corrected chi connectivity index (χ0v) is 15.5. The number of thiol groups is 1. The Morgan fingerprint density at radius 1 is 1.52 bits per heavy atom. The van der Waals surface area contributed by atoms with Crippen LogP contribution in [0.15, 0.2) is 11.3 Å². The van der Waals surface area contributed by atoms with Gasteiger partial charge in [0.15, 0.2) is 0 Å². The molecule has 0 saturated heterocycles. The van der Waals surface area contributed by atoms with Gasteiger partial charge in [0.05, 0.1) is 17.9 Å². The number of nitrogens with one attached hydrogen (secondary N) is 2. The van der Waals surface area contributed by atoms with E-state index in [-0.39, 0.29) is 25.3 Å². The van der Waals surface area contributed by atoms with Gasteiger partial charge in [-0.3, -0.25) is 9.79 Å². The maximum absolute atomic E-state index is 11.8. The lowest BCUT2D eigenvalue weighted by Gasteiger charge is -2.13. The summed E-state index contributed by atoms with van der Waals surface area (Å²) in [5.74, 6) is -0.268. The molecule has 0 aromatic carbocycles. The largest absolute Gasteiger partial charge is 0.480 e. The molecule has 0 unspecified atom stereocenters. The van der Waals surface area contributed by atoms with Crippen molar-refractivity contribution < 1.29 is 14.7 Å². The molecule has 1 aromatic heterocycles. The van der Waals surface area contributed by atoms with Crippen molar-refractivity contribution in [1.29, 1.82) is 0 Å². The first-order valence-electron chi connectivity index (χ1n) is 7.03. The summed E-state index contributed by atoms with van der Waals surface area (Å²) in [6.07, 6.45) is 3.19. The number of imidazole rings is 1. The first kappa shape index (κ1) is 19.7. The third-order valence-corrected chi connectivity index (χ3v) is 4.20. The number of hydrogen-bond donors (Lipinski definition) is 5. The van der Waals surface area contributed by atoms with Crippen LogP contribution in [0.3, 0.4) is 0 Å². The number of nitrogens with zero attached hydrogens (tertiary/aromatic N) is 2. The molecule has 5 N–H and O–H groups in total. The summed E-state index contributed by atoms with van der Waals surface area (Å²) in [7, 11) is 0. The van der Waals surface area contributed by atoms with E-state index in [1.807, 2.05) is 22.6 Å². The highest BCUT2D eigenvalue weighted by molar-refractivity contribution is 14.1. The molecule has 0 radical (unpaired) electrons. The predicted octanol–water partition coefficient (Wildman–Crippen LogP) is 0.583. The molecule has 0 saturated carbocycles. The summed E-state index contributed by atoms with van der Waals surface area (Å²) in [6, 6.07) is -1.01. The maximum Gasteiger partial charge on any atom is 0.326 e. The van der Waals surface area contributed by atoms with Gasteiger partial charge in [0, 0.05) is 25.8 Å². The minimum atomic E-state index is -1.10. The number of carbonyl (C=O) groups excluding carboxylic acids is 1. The van der Waals surface area contributed by atoms with Crippen molar-refractivity contribution in [1.82, 2.24) is 15.3 Å². The third-order valence-electron chi connectivity index (χ3n) is 2.95. The van der Waals surface area contributed by atoms with E-state index in [0.717, 1.165) is 12.2 Å². The number of hydrogen-bond acceptors (Lipinski definition) is 5. The standard InChI is InChI=1S/C13H20IN5O3S/c14-12-8(17-7-18-12)6-9(13(21)22)19-11(20)3-4-16-10(15)2-1-5-23/h7,9,23H,1-6H2,(H2,15,16)(H,17,18)(H,19,20)(H,21,22)/t9-/m0/s1/i14-2. The monoisotopic (exact) mass is 451 g/mol. The Morgan fingerprint density at radius 2 is 2.26 bits per heavy atom. The van der Waals surface area contributed by atoms with Gasteiger partial charge in [-0.25, -0.2) is 9.78 Å². The molecule has 1 rings (SSSR count). The molecule has 128 valence electrons. The predicted molar refractivity (Wildman–Crippen MR) is 98.8 cm³/mol. The van der Waals surface area contributed by atoms with E-state index >= 15 is 0 Å². The van der Waals surface area contributed by atoms with E-state index in [1.54, 1.807) is 0 Å². The van der Waals surface area contributed by atoms with Crippen LogP contribution in [0.2, 0.25) is 0 Å². The fourth-order valence-electron chi connectivity index (χ4n) is 1.76. The molecule has 0 aliphatic rings. The van der Waals surface area contributed by atoms with E-state index in [2.05, 4.69) is 32.9 Å². The second-order valence-electron chi connectivity index (χ2n) is 4.78. The van der Waals surface area contributed by atoms with Gasteiger partial charge in [0.25, 0.3) is 0 Å². The minimum absolute atomic E-state index is 0.0887. The maximum atomic E-state index is 11.8. The number of carboxylic acids is 1. The van der Waals surface area contributed by atoms with E-state index in [0.29, 0.717) is 21.7 Å². The molecular weight excluding hydrogens is 431 g/mol. The summed E-state index contributed by atoms with van der Waals surface area (Å²) in [5.41, 5.74) is 6.35. The van der Waals surface area contributed by atoms with Gasteiger partial charge in [0.2, 0.25) is 5.91 Å². The van der Waals surface area contributed by atoms with Crippen LogP contribution in [0.25, 0.3) is 0 Å². The lowest BCUT2D eigenvalue weighted by molar-refractivity contribution is -0.141. The lowest BCUT2D eigenvalue weighted by atomic mass is 10.1. The molecular formula is C13H20IN5O3S. The third kappa shape index (κ3) is 7.68. The number of carboxylic acid groups (broad SMARTS) is 1. The van der Waals surface area contributed by atoms with Gasteiger partial charge >= 0.3 is 5.97 Å². The van der Waals surface area contributed by atoms with Crippen LogP contribution in [0.1, 0.15) is 25.0 Å². The molecule has 0 fully saturated rings. The second-order valence-corrected chi connectivity index (χ2v) is 6.25. The number of nitrogens with two attached hydrogens (primary N) is 1. The summed E-state index contributed by atoms with van der Waals surface area (Å²) < 4.78 is 0.685. The van der Waals surface area contributed by atoms with Crippen LogP contribution in [0.4, 0.5) is 0 Å². The zero-order chi connectivity index (χ0) is 17.2. The number of amidine groups is 1. The van der Waals surface area contributed by atoms with Gasteiger partial charge in [-0.05, 0) is 34.8 Å². The SMILES string of the molecule is NC(CCCS)=NCCC(=O)N[C@@H](Cc1[nH]cnc1[125I])C(=O)O. The molecule has 8 nitrogen and oxygen atoms in total. The highest BCUT2D eigenvalue weighted by Crippen LogP contribution is 2.09. The van der Waals surface area contributed by atoms with Crippen molar-refractivity contribution in [3.05, 3.63) is 15.7 Å². The lowest BCUT2D eigenvalue weighted by Crippen LogP contribution is -2.42. The van der Waals surface area contributed by atoms with Crippen molar-refractivity contribution in [2.45, 2.75) is 31.7 Å². The van der Waals surface area contributed by atoms with Crippen LogP contribution >= 0.6 is 35.2 Å². The Morgan fingerprint density at radius 3 is 2.83 bits per heavy atom. The van der Waals surface area contributed by atoms with Crippen LogP contribution in [0, 0.1) is 3.70 Å². The van der Waals surface area contributed by atoms with E-state index in [1.165, 1.54) is 6.33 Å². The van der Waals surface area contributed by atoms with E-state index in [4.69, 9.17) is 5.73 Å². The van der Waals surface area contributed by atoms with Crippen LogP contribution in [-0.4, -0.2) is 51.1 Å². The van der Waals surface area contributed by atoms with Crippen molar-refractivity contribution in [3.8, 4) is 0 Å². The molecule has 0 aliphatic carbocycles. The van der Waals surface area contributed by atoms with Crippen LogP contribution in [-0.2, 0) is 16.0 Å². The van der Waals surface area contributed by atoms with Crippen LogP contribution in [0.5, 0.6) is 0 Å². The zero-order valence-electron chi connectivity index (χ0n) is 12.5. The molecule has 1 atom stereocenters. The highest BCUT2D eigenvalue weighted by Gasteiger charge is 2.22. The number of aliphatic imine (C=N–C) groups is 1. The van der Waals surface area contributed by atoms with E-state index < -0.39 is 12.0 Å². The second kappa shape index (κ2) is 10.5. The first-order chi connectivity index (χ1) is 10.9. The quantitative estimate of drug-likeness (QED) is 0.154. The van der Waals surface area contributed by atoms with Crippen molar-refractivity contribution >= 4 is 52.9 Å². The van der Waals surface area contributed by atoms with Gasteiger partial charge in [-0.15, -0.1) is 0 Å². The number of amides is 1. The number of carbonyl (C=O) groups is 2. The van der Waals surface area contributed by atoms with Gasteiger partial charge < -0.3 is 21.1 Å². The molecule has 1 heterocycles. The smallest absolute Gasteiger partial charge is 0.326 e. The molecule has 1 aromatic rings. The summed E-state index contributed by atoms with van der Waals surface area (Å²) >= 11 is 6.08. The fraction of sp³-hybridized carbons (Fsp3) is 0.538. The average Bonchev–Trinajstić information content (AvgIpc) is 2.89. The fourth-order valence-corrected chi connectivity index (χ4v) is 2.43. The number of aromatic nitrogens is 2. The van der Waals surface area contributed by atoms with Crippen molar-refractivity contribution in [2.24, 2.45) is 10.7 Å². The topological polar surface area (TPSA) is 133 Å². The Bertz CT molecular complexity index is 564. The summed E-state index contributed by atoms with van der Waals surface area (Å²) in [5, 5.41) is 11.7. The average molecular weight is 451 g/mol. The number of H-pyrrole nitrogens is 1. The minimum Gasteiger partial charge on any atom is -0.480 e. The Hall–Kier alpha value is -1.30. The number of rotatable bonds is 10. The Labute approximate surface area is 153 Å². The number of halogens is 1. The van der Waals surface area contributed by atoms with E-state index in [9.17, 15) is 14.7 Å².